The molecule has 0 aliphatic heterocycles. The third-order valence-corrected chi connectivity index (χ3v) is 5.36. The van der Waals surface area contributed by atoms with Crippen molar-refractivity contribution < 1.29 is 0 Å². The smallest absolute Gasteiger partial charge is 0.0178 e. The van der Waals surface area contributed by atoms with Crippen molar-refractivity contribution >= 4 is 16.7 Å². The first kappa shape index (κ1) is 19.4. The molecule has 144 valence electrons. The Bertz CT molecular complexity index is 1110. The van der Waals surface area contributed by atoms with Gasteiger partial charge in [-0.1, -0.05) is 117 Å². The third-order valence-electron chi connectivity index (χ3n) is 5.36. The molecule has 0 heteroatoms. The minimum Gasteiger partial charge on any atom is -0.0906 e. The van der Waals surface area contributed by atoms with Gasteiger partial charge in [0.1, 0.15) is 0 Å². The van der Waals surface area contributed by atoms with Crippen LogP contribution in [0.5, 0.6) is 0 Å². The van der Waals surface area contributed by atoms with Gasteiger partial charge in [0.05, 0.1) is 0 Å². The van der Waals surface area contributed by atoms with E-state index in [1.54, 1.807) is 0 Å². The second-order valence-corrected chi connectivity index (χ2v) is 7.33. The minimum absolute atomic E-state index is 0.987. The molecular weight excluding hydrogens is 360 g/mol. The topological polar surface area (TPSA) is 0 Å². The van der Waals surface area contributed by atoms with Crippen LogP contribution in [0.15, 0.2) is 129 Å². The molecule has 0 bridgehead atoms. The molecule has 0 unspecified atom stereocenters. The quantitative estimate of drug-likeness (QED) is 0.317. The maximum atomic E-state index is 4.38. The molecule has 0 aliphatic rings. The lowest BCUT2D eigenvalue weighted by atomic mass is 9.91. The van der Waals surface area contributed by atoms with Gasteiger partial charge in [-0.3, -0.25) is 0 Å². The van der Waals surface area contributed by atoms with Crippen molar-refractivity contribution in [2.24, 2.45) is 0 Å². The molecule has 4 aromatic carbocycles. The predicted octanol–water partition coefficient (Wildman–Crippen LogP) is 7.87. The van der Waals surface area contributed by atoms with E-state index >= 15 is 0 Å². The zero-order valence-corrected chi connectivity index (χ0v) is 17.0. The van der Waals surface area contributed by atoms with Gasteiger partial charge in [-0.25, -0.2) is 0 Å². The van der Waals surface area contributed by atoms with Gasteiger partial charge in [0, 0.05) is 0 Å². The van der Waals surface area contributed by atoms with Gasteiger partial charge in [-0.15, -0.1) is 0 Å². The van der Waals surface area contributed by atoms with Crippen molar-refractivity contribution in [3.63, 3.8) is 0 Å². The van der Waals surface area contributed by atoms with E-state index in [0.717, 1.165) is 50.1 Å². The summed E-state index contributed by atoms with van der Waals surface area (Å²) in [6, 6.07) is 37.4. The lowest BCUT2D eigenvalue weighted by molar-refractivity contribution is 1.49. The van der Waals surface area contributed by atoms with Crippen LogP contribution in [0.1, 0.15) is 33.4 Å². The molecule has 0 fully saturated rings. The lowest BCUT2D eigenvalue weighted by Crippen LogP contribution is -1.92. The average Bonchev–Trinajstić information content (AvgIpc) is 2.84. The summed E-state index contributed by atoms with van der Waals surface area (Å²) in [6.45, 7) is 13.0. The molecule has 0 aliphatic carbocycles. The molecule has 0 amide bonds. The van der Waals surface area contributed by atoms with Gasteiger partial charge in [0.15, 0.2) is 0 Å². The van der Waals surface area contributed by atoms with E-state index in [0.29, 0.717) is 0 Å². The van der Waals surface area contributed by atoms with E-state index in [9.17, 15) is 0 Å². The number of rotatable bonds is 6. The van der Waals surface area contributed by atoms with Gasteiger partial charge in [0.25, 0.3) is 0 Å². The van der Waals surface area contributed by atoms with Crippen molar-refractivity contribution in [1.29, 1.82) is 0 Å². The molecule has 4 aromatic rings. The standard InChI is InChI=1S/C30H24/c1-22(25-12-6-4-7-13-25)27-16-10-18-29(20-27)24(3)30-19-11-17-28(21-30)23(2)26-14-8-5-9-15-26/h4-21H,1-3H2. The number of hydrogen-bond acceptors (Lipinski definition) is 0. The maximum absolute atomic E-state index is 4.38. The third kappa shape index (κ3) is 4.09. The van der Waals surface area contributed by atoms with E-state index in [1.165, 1.54) is 0 Å². The highest BCUT2D eigenvalue weighted by Gasteiger charge is 2.09. The monoisotopic (exact) mass is 384 g/mol. The fraction of sp³-hybridized carbons (Fsp3) is 0. The first-order valence-corrected chi connectivity index (χ1v) is 10.0. The van der Waals surface area contributed by atoms with Crippen LogP contribution < -0.4 is 0 Å². The molecule has 0 spiro atoms. The van der Waals surface area contributed by atoms with Crippen LogP contribution in [-0.4, -0.2) is 0 Å². The van der Waals surface area contributed by atoms with Crippen LogP contribution in [0.3, 0.4) is 0 Å². The molecule has 30 heavy (non-hydrogen) atoms. The zero-order valence-electron chi connectivity index (χ0n) is 17.0. The summed E-state index contributed by atoms with van der Waals surface area (Å²) < 4.78 is 0. The Morgan fingerprint density at radius 3 is 0.933 bits per heavy atom. The normalized spacial score (nSPS) is 10.4. The molecule has 0 saturated carbocycles. The predicted molar refractivity (Wildman–Crippen MR) is 130 cm³/mol. The van der Waals surface area contributed by atoms with Crippen LogP contribution in [-0.2, 0) is 0 Å². The summed E-state index contributed by atoms with van der Waals surface area (Å²) in [5, 5.41) is 0. The Hall–Kier alpha value is -3.90. The Labute approximate surface area is 179 Å². The average molecular weight is 385 g/mol. The van der Waals surface area contributed by atoms with Crippen LogP contribution in [0.2, 0.25) is 0 Å². The van der Waals surface area contributed by atoms with E-state index in [-0.39, 0.29) is 0 Å². The summed E-state index contributed by atoms with van der Waals surface area (Å²) in [5.74, 6) is 0. The summed E-state index contributed by atoms with van der Waals surface area (Å²) in [6.07, 6.45) is 0. The summed E-state index contributed by atoms with van der Waals surface area (Å²) in [5.41, 5.74) is 9.64. The lowest BCUT2D eigenvalue weighted by Gasteiger charge is -2.13. The molecular formula is C30H24. The van der Waals surface area contributed by atoms with Gasteiger partial charge in [0.2, 0.25) is 0 Å². The van der Waals surface area contributed by atoms with Crippen LogP contribution >= 0.6 is 0 Å². The summed E-state index contributed by atoms with van der Waals surface area (Å²) in [7, 11) is 0. The zero-order chi connectivity index (χ0) is 20.9. The molecule has 4 rings (SSSR count). The molecule has 0 aromatic heterocycles. The highest BCUT2D eigenvalue weighted by molar-refractivity contribution is 5.85. The van der Waals surface area contributed by atoms with Crippen molar-refractivity contribution in [3.05, 3.63) is 162 Å². The van der Waals surface area contributed by atoms with Gasteiger partial charge in [-0.2, -0.15) is 0 Å². The molecule has 0 atom stereocenters. The van der Waals surface area contributed by atoms with E-state index in [2.05, 4.69) is 92.5 Å². The second kappa shape index (κ2) is 8.63. The number of hydrogen-bond donors (Lipinski definition) is 0. The van der Waals surface area contributed by atoms with Crippen molar-refractivity contribution in [1.82, 2.24) is 0 Å². The van der Waals surface area contributed by atoms with Crippen LogP contribution in [0.4, 0.5) is 0 Å². The highest BCUT2D eigenvalue weighted by Crippen LogP contribution is 2.29. The Morgan fingerprint density at radius 2 is 0.600 bits per heavy atom. The summed E-state index contributed by atoms with van der Waals surface area (Å²) in [4.78, 5) is 0. The first-order valence-electron chi connectivity index (χ1n) is 10.0. The van der Waals surface area contributed by atoms with E-state index < -0.39 is 0 Å². The largest absolute Gasteiger partial charge is 0.0906 e. The van der Waals surface area contributed by atoms with Gasteiger partial charge < -0.3 is 0 Å². The first-order chi connectivity index (χ1) is 14.6. The fourth-order valence-electron chi connectivity index (χ4n) is 3.57. The minimum atomic E-state index is 0.987. The van der Waals surface area contributed by atoms with Crippen LogP contribution in [0.25, 0.3) is 16.7 Å². The number of benzene rings is 4. The molecule has 0 N–H and O–H groups in total. The van der Waals surface area contributed by atoms with Gasteiger partial charge in [-0.05, 0) is 62.2 Å². The van der Waals surface area contributed by atoms with E-state index in [1.807, 2.05) is 36.4 Å². The van der Waals surface area contributed by atoms with Crippen molar-refractivity contribution in [2.45, 2.75) is 0 Å². The Morgan fingerprint density at radius 1 is 0.333 bits per heavy atom. The van der Waals surface area contributed by atoms with Gasteiger partial charge >= 0.3 is 0 Å². The Kier molecular flexibility index (Phi) is 5.59. The van der Waals surface area contributed by atoms with Crippen LogP contribution in [0, 0.1) is 0 Å². The Balaban J connectivity index is 1.63. The molecule has 0 nitrogen and oxygen atoms in total. The second-order valence-electron chi connectivity index (χ2n) is 7.33. The SMILES string of the molecule is C=C(c1ccccc1)c1cccc(C(=C)c2cccc(C(=C)c3ccccc3)c2)c1. The van der Waals surface area contributed by atoms with Crippen molar-refractivity contribution in [3.8, 4) is 0 Å². The molecule has 0 radical (unpaired) electrons. The van der Waals surface area contributed by atoms with Crippen molar-refractivity contribution in [2.75, 3.05) is 0 Å². The molecule has 0 saturated heterocycles. The maximum Gasteiger partial charge on any atom is -0.0178 e. The highest BCUT2D eigenvalue weighted by atomic mass is 14.1. The summed E-state index contributed by atoms with van der Waals surface area (Å²) >= 11 is 0. The molecule has 0 heterocycles. The fourth-order valence-corrected chi connectivity index (χ4v) is 3.57. The van der Waals surface area contributed by atoms with E-state index in [4.69, 9.17) is 0 Å².